The zero-order valence-electron chi connectivity index (χ0n) is 10.3. The third kappa shape index (κ3) is 2.74. The molecule has 18 heavy (non-hydrogen) atoms. The van der Waals surface area contributed by atoms with E-state index in [-0.39, 0.29) is 0 Å². The standard InChI is InChI=1S/C14H18BrClN2/c15-12-4-3-10(13(16)6-12)7-18-8-11-2-1-5-17-14(11)9-18/h3-4,6,11,14,17H,1-2,5,7-9H2. The molecule has 1 aromatic carbocycles. The predicted molar refractivity (Wildman–Crippen MR) is 78.9 cm³/mol. The highest BCUT2D eigenvalue weighted by Gasteiger charge is 2.34. The van der Waals surface area contributed by atoms with E-state index in [1.165, 1.54) is 31.5 Å². The van der Waals surface area contributed by atoms with Gasteiger partial charge in [-0.3, -0.25) is 4.90 Å². The van der Waals surface area contributed by atoms with Crippen LogP contribution in [0.25, 0.3) is 0 Å². The fourth-order valence-corrected chi connectivity index (χ4v) is 3.89. The van der Waals surface area contributed by atoms with Crippen molar-refractivity contribution in [3.8, 4) is 0 Å². The van der Waals surface area contributed by atoms with Gasteiger partial charge in [-0.05, 0) is 43.0 Å². The van der Waals surface area contributed by atoms with Crippen molar-refractivity contribution in [1.29, 1.82) is 0 Å². The maximum Gasteiger partial charge on any atom is 0.0462 e. The molecule has 0 radical (unpaired) electrons. The highest BCUT2D eigenvalue weighted by Crippen LogP contribution is 2.28. The number of hydrogen-bond acceptors (Lipinski definition) is 2. The molecule has 1 aromatic rings. The highest BCUT2D eigenvalue weighted by molar-refractivity contribution is 9.10. The Bertz CT molecular complexity index is 424. The summed E-state index contributed by atoms with van der Waals surface area (Å²) < 4.78 is 1.05. The van der Waals surface area contributed by atoms with Gasteiger partial charge >= 0.3 is 0 Å². The van der Waals surface area contributed by atoms with Crippen molar-refractivity contribution in [2.24, 2.45) is 5.92 Å². The Morgan fingerprint density at radius 1 is 1.39 bits per heavy atom. The molecule has 0 saturated carbocycles. The van der Waals surface area contributed by atoms with Crippen molar-refractivity contribution in [2.45, 2.75) is 25.4 Å². The molecule has 3 rings (SSSR count). The van der Waals surface area contributed by atoms with Crippen LogP contribution in [0, 0.1) is 5.92 Å². The molecule has 1 N–H and O–H groups in total. The molecule has 2 unspecified atom stereocenters. The smallest absolute Gasteiger partial charge is 0.0462 e. The first kappa shape index (κ1) is 12.9. The molecule has 2 heterocycles. The molecule has 98 valence electrons. The number of nitrogens with zero attached hydrogens (tertiary/aromatic N) is 1. The SMILES string of the molecule is Clc1cc(Br)ccc1CN1CC2CCCNC2C1. The van der Waals surface area contributed by atoms with Crippen molar-refractivity contribution in [2.75, 3.05) is 19.6 Å². The summed E-state index contributed by atoms with van der Waals surface area (Å²) in [4.78, 5) is 2.53. The Labute approximate surface area is 122 Å². The topological polar surface area (TPSA) is 15.3 Å². The molecule has 0 aliphatic carbocycles. The third-order valence-corrected chi connectivity index (χ3v) is 4.93. The zero-order valence-corrected chi connectivity index (χ0v) is 12.7. The highest BCUT2D eigenvalue weighted by atomic mass is 79.9. The molecule has 2 aliphatic heterocycles. The summed E-state index contributed by atoms with van der Waals surface area (Å²) >= 11 is 9.74. The number of benzene rings is 1. The number of likely N-dealkylation sites (tertiary alicyclic amines) is 1. The van der Waals surface area contributed by atoms with Crippen molar-refractivity contribution in [1.82, 2.24) is 10.2 Å². The van der Waals surface area contributed by atoms with Gasteiger partial charge in [0, 0.05) is 35.2 Å². The molecule has 2 saturated heterocycles. The van der Waals surface area contributed by atoms with Gasteiger partial charge in [-0.25, -0.2) is 0 Å². The summed E-state index contributed by atoms with van der Waals surface area (Å²) in [5.74, 6) is 0.841. The van der Waals surface area contributed by atoms with Crippen LogP contribution < -0.4 is 5.32 Å². The average Bonchev–Trinajstić information content (AvgIpc) is 2.75. The van der Waals surface area contributed by atoms with Crippen LogP contribution in [-0.4, -0.2) is 30.6 Å². The van der Waals surface area contributed by atoms with Crippen LogP contribution in [0.4, 0.5) is 0 Å². The summed E-state index contributed by atoms with van der Waals surface area (Å²) in [6, 6.07) is 6.89. The predicted octanol–water partition coefficient (Wildman–Crippen LogP) is 3.29. The van der Waals surface area contributed by atoms with E-state index in [0.717, 1.165) is 28.5 Å². The maximum absolute atomic E-state index is 6.29. The van der Waals surface area contributed by atoms with Gasteiger partial charge in [-0.15, -0.1) is 0 Å². The van der Waals surface area contributed by atoms with E-state index < -0.39 is 0 Å². The Balaban J connectivity index is 1.66. The summed E-state index contributed by atoms with van der Waals surface area (Å²) in [7, 11) is 0. The Kier molecular flexibility index (Phi) is 3.94. The van der Waals surface area contributed by atoms with Crippen LogP contribution in [0.15, 0.2) is 22.7 Å². The van der Waals surface area contributed by atoms with Gasteiger partial charge in [-0.1, -0.05) is 33.6 Å². The second-order valence-corrected chi connectivity index (χ2v) is 6.72. The second kappa shape index (κ2) is 5.49. The first-order chi connectivity index (χ1) is 8.72. The average molecular weight is 330 g/mol. The van der Waals surface area contributed by atoms with Crippen molar-refractivity contribution in [3.05, 3.63) is 33.3 Å². The Morgan fingerprint density at radius 3 is 3.06 bits per heavy atom. The number of rotatable bonds is 2. The quantitative estimate of drug-likeness (QED) is 0.896. The first-order valence-corrected chi connectivity index (χ1v) is 7.79. The first-order valence-electron chi connectivity index (χ1n) is 6.62. The lowest BCUT2D eigenvalue weighted by atomic mass is 9.94. The van der Waals surface area contributed by atoms with E-state index in [1.807, 2.05) is 6.07 Å². The van der Waals surface area contributed by atoms with E-state index in [4.69, 9.17) is 11.6 Å². The molecular formula is C14H18BrClN2. The van der Waals surface area contributed by atoms with Crippen LogP contribution in [0.2, 0.25) is 5.02 Å². The van der Waals surface area contributed by atoms with Gasteiger partial charge in [0.25, 0.3) is 0 Å². The molecule has 2 atom stereocenters. The summed E-state index contributed by atoms with van der Waals surface area (Å²) in [6.07, 6.45) is 2.70. The third-order valence-electron chi connectivity index (χ3n) is 4.08. The van der Waals surface area contributed by atoms with Crippen molar-refractivity contribution < 1.29 is 0 Å². The fraction of sp³-hybridized carbons (Fsp3) is 0.571. The van der Waals surface area contributed by atoms with Crippen LogP contribution in [0.1, 0.15) is 18.4 Å². The minimum Gasteiger partial charge on any atom is -0.312 e. The Hall–Kier alpha value is -0.0900. The van der Waals surface area contributed by atoms with Crippen LogP contribution in [0.5, 0.6) is 0 Å². The molecule has 2 aliphatic rings. The maximum atomic E-state index is 6.29. The molecule has 0 amide bonds. The Morgan fingerprint density at radius 2 is 2.28 bits per heavy atom. The van der Waals surface area contributed by atoms with E-state index in [9.17, 15) is 0 Å². The van der Waals surface area contributed by atoms with E-state index >= 15 is 0 Å². The minimum atomic E-state index is 0.702. The van der Waals surface area contributed by atoms with Gasteiger partial charge in [0.05, 0.1) is 0 Å². The number of halogens is 2. The number of piperidine rings is 1. The van der Waals surface area contributed by atoms with Crippen LogP contribution in [0.3, 0.4) is 0 Å². The van der Waals surface area contributed by atoms with E-state index in [2.05, 4.69) is 38.3 Å². The van der Waals surface area contributed by atoms with Gasteiger partial charge in [-0.2, -0.15) is 0 Å². The second-order valence-electron chi connectivity index (χ2n) is 5.39. The van der Waals surface area contributed by atoms with Crippen LogP contribution in [-0.2, 0) is 6.54 Å². The lowest BCUT2D eigenvalue weighted by Crippen LogP contribution is -2.40. The molecule has 0 spiro atoms. The number of nitrogens with one attached hydrogen (secondary N) is 1. The molecule has 4 heteroatoms. The molecule has 0 aromatic heterocycles. The van der Waals surface area contributed by atoms with Crippen molar-refractivity contribution in [3.63, 3.8) is 0 Å². The van der Waals surface area contributed by atoms with Crippen LogP contribution >= 0.6 is 27.5 Å². The van der Waals surface area contributed by atoms with E-state index in [1.54, 1.807) is 0 Å². The lowest BCUT2D eigenvalue weighted by molar-refractivity contribution is 0.313. The summed E-state index contributed by atoms with van der Waals surface area (Å²) in [6.45, 7) is 4.54. The lowest BCUT2D eigenvalue weighted by Gasteiger charge is -2.24. The largest absolute Gasteiger partial charge is 0.312 e. The van der Waals surface area contributed by atoms with E-state index in [0.29, 0.717) is 6.04 Å². The van der Waals surface area contributed by atoms with Gasteiger partial charge in [0.15, 0.2) is 0 Å². The van der Waals surface area contributed by atoms with Crippen molar-refractivity contribution >= 4 is 27.5 Å². The number of hydrogen-bond donors (Lipinski definition) is 1. The molecular weight excluding hydrogens is 312 g/mol. The summed E-state index contributed by atoms with van der Waals surface area (Å²) in [5, 5.41) is 4.51. The molecule has 2 nitrogen and oxygen atoms in total. The monoisotopic (exact) mass is 328 g/mol. The van der Waals surface area contributed by atoms with Gasteiger partial charge < -0.3 is 5.32 Å². The normalized spacial score (nSPS) is 28.3. The fourth-order valence-electron chi connectivity index (χ4n) is 3.16. The molecule has 0 bridgehead atoms. The zero-order chi connectivity index (χ0) is 12.5. The van der Waals surface area contributed by atoms with Gasteiger partial charge in [0.2, 0.25) is 0 Å². The minimum absolute atomic E-state index is 0.702. The molecule has 2 fully saturated rings. The summed E-state index contributed by atoms with van der Waals surface area (Å²) in [5.41, 5.74) is 1.23. The number of fused-ring (bicyclic) bond motifs is 1. The van der Waals surface area contributed by atoms with Gasteiger partial charge in [0.1, 0.15) is 0 Å².